The largest absolute Gasteiger partial charge is 0.476 e. The minimum absolute atomic E-state index is 0.153. The second kappa shape index (κ2) is 6.90. The number of hydrogen-bond acceptors (Lipinski definition) is 4. The van der Waals surface area contributed by atoms with E-state index in [1.54, 1.807) is 7.11 Å². The molecule has 1 aliphatic carbocycles. The van der Waals surface area contributed by atoms with E-state index in [1.165, 1.54) is 16.3 Å². The van der Waals surface area contributed by atoms with Crippen molar-refractivity contribution in [1.29, 1.82) is 0 Å². The van der Waals surface area contributed by atoms with Gasteiger partial charge in [0.1, 0.15) is 11.2 Å². The van der Waals surface area contributed by atoms with Crippen LogP contribution in [-0.2, 0) is 10.2 Å². The summed E-state index contributed by atoms with van der Waals surface area (Å²) in [6, 6.07) is 23.5. The summed E-state index contributed by atoms with van der Waals surface area (Å²) in [4.78, 5) is 5.06. The molecule has 3 heterocycles. The summed E-state index contributed by atoms with van der Waals surface area (Å²) < 4.78 is 15.0. The van der Waals surface area contributed by atoms with E-state index in [4.69, 9.17) is 14.5 Å². The number of methoxy groups -OCH3 is 1. The van der Waals surface area contributed by atoms with Gasteiger partial charge in [0.15, 0.2) is 11.3 Å². The summed E-state index contributed by atoms with van der Waals surface area (Å²) in [5, 5.41) is 16.8. The lowest BCUT2D eigenvalue weighted by Gasteiger charge is -2.33. The van der Waals surface area contributed by atoms with Crippen LogP contribution in [0.5, 0.6) is 5.75 Å². The van der Waals surface area contributed by atoms with E-state index in [1.807, 2.05) is 6.34 Å². The molecule has 4 aromatic carbocycles. The van der Waals surface area contributed by atoms with Crippen molar-refractivity contribution in [2.45, 2.75) is 62.5 Å². The Morgan fingerprint density at radius 2 is 1.68 bits per heavy atom. The van der Waals surface area contributed by atoms with Crippen molar-refractivity contribution in [1.82, 2.24) is 0 Å². The lowest BCUT2D eigenvalue weighted by atomic mass is 9.76. The van der Waals surface area contributed by atoms with Gasteiger partial charge in [0.05, 0.1) is 0 Å². The van der Waals surface area contributed by atoms with Crippen molar-refractivity contribution in [3.05, 3.63) is 89.0 Å². The molecule has 5 atom stereocenters. The Balaban J connectivity index is 1.46. The first kappa shape index (κ1) is 22.4. The van der Waals surface area contributed by atoms with Crippen LogP contribution in [0, 0.1) is 0 Å². The predicted octanol–water partition coefficient (Wildman–Crippen LogP) is 5.84. The average Bonchev–Trinajstić information content (AvgIpc) is 3.18. The normalized spacial score (nSPS) is 32.1. The zero-order valence-corrected chi connectivity index (χ0v) is 22.3. The van der Waals surface area contributed by atoms with E-state index in [0.717, 1.165) is 38.9 Å². The zero-order valence-electron chi connectivity index (χ0n) is 22.3. The maximum atomic E-state index is 12.1. The van der Waals surface area contributed by atoms with E-state index in [-0.39, 0.29) is 12.1 Å². The summed E-state index contributed by atoms with van der Waals surface area (Å²) in [7, 11) is 1.61. The molecule has 0 spiro atoms. The van der Waals surface area contributed by atoms with Crippen molar-refractivity contribution < 1.29 is 19.2 Å². The highest BCUT2D eigenvalue weighted by Gasteiger charge is 2.92. The minimum atomic E-state index is -1.38. The molecule has 0 amide bonds. The van der Waals surface area contributed by atoms with Crippen LogP contribution in [0.2, 0.25) is 0 Å². The maximum absolute atomic E-state index is 12.1. The zero-order chi connectivity index (χ0) is 26.2. The summed E-state index contributed by atoms with van der Waals surface area (Å²) in [5.41, 5.74) is 4.32. The van der Waals surface area contributed by atoms with Crippen molar-refractivity contribution in [2.75, 3.05) is 7.11 Å². The maximum Gasteiger partial charge on any atom is 0.282 e. The topological polar surface area (TPSA) is 54.1 Å². The quantitative estimate of drug-likeness (QED) is 0.276. The Kier molecular flexibility index (Phi) is 4.08. The highest BCUT2D eigenvalue weighted by Crippen LogP contribution is 2.71. The fraction of sp³-hybridized carbons (Fsp3) is 0.333. The van der Waals surface area contributed by atoms with Gasteiger partial charge in [0, 0.05) is 23.6 Å². The molecular weight excluding hydrogens is 472 g/mol. The molecule has 5 unspecified atom stereocenters. The monoisotopic (exact) mass is 503 g/mol. The standard InChI is InChI=1S/C33H31N2O3/c1-18(2)24-16-25-26(22-13-9-8-12-21(22)24)28-30-27(23-15-14-19-10-6-7-11-20(19)29(23)38-30)34-17-35(28)32(4)31(25,3)33(32,36)37-5/h6-18,27,30,36H,1-5H3/q+1. The highest BCUT2D eigenvalue weighted by atomic mass is 16.6. The average molecular weight is 504 g/mol. The molecule has 1 saturated carbocycles. The molecule has 38 heavy (non-hydrogen) atoms. The number of benzene rings is 4. The molecule has 4 aromatic rings. The fourth-order valence-electron chi connectivity index (χ4n) is 7.93. The summed E-state index contributed by atoms with van der Waals surface area (Å²) in [6.07, 6.45) is 1.61. The van der Waals surface area contributed by atoms with Crippen LogP contribution in [0.25, 0.3) is 21.5 Å². The molecule has 0 radical (unpaired) electrons. The molecule has 0 bridgehead atoms. The summed E-state index contributed by atoms with van der Waals surface area (Å²) in [5.74, 6) is -0.147. The molecule has 190 valence electrons. The van der Waals surface area contributed by atoms with Crippen LogP contribution in [0.15, 0.2) is 71.7 Å². The summed E-state index contributed by atoms with van der Waals surface area (Å²) in [6.45, 7) is 8.69. The number of hydrogen-bond donors (Lipinski definition) is 1. The predicted molar refractivity (Wildman–Crippen MR) is 150 cm³/mol. The number of ether oxygens (including phenoxy) is 2. The lowest BCUT2D eigenvalue weighted by Crippen LogP contribution is -2.50. The molecule has 0 saturated heterocycles. The van der Waals surface area contributed by atoms with Gasteiger partial charge < -0.3 is 14.6 Å². The molecule has 8 rings (SSSR count). The SMILES string of the molecule is COC1(O)C2(C)c3cc(C(C)C)c4ccccc4c3C3=[N+](C=NC4c5ccc6ccccc6c5OC34)C12C. The number of aliphatic hydroxyl groups is 1. The smallest absolute Gasteiger partial charge is 0.282 e. The molecule has 0 aromatic heterocycles. The van der Waals surface area contributed by atoms with E-state index >= 15 is 0 Å². The Bertz CT molecular complexity index is 1790. The van der Waals surface area contributed by atoms with Crippen molar-refractivity contribution >= 4 is 33.6 Å². The van der Waals surface area contributed by atoms with Crippen LogP contribution in [0.3, 0.4) is 0 Å². The van der Waals surface area contributed by atoms with Crippen LogP contribution >= 0.6 is 0 Å². The lowest BCUT2D eigenvalue weighted by molar-refractivity contribution is -0.491. The minimum Gasteiger partial charge on any atom is -0.476 e. The molecule has 5 heteroatoms. The molecule has 1 N–H and O–H groups in total. The Labute approximate surface area is 222 Å². The van der Waals surface area contributed by atoms with Gasteiger partial charge in [-0.1, -0.05) is 85.6 Å². The first-order valence-corrected chi connectivity index (χ1v) is 13.5. The number of fused-ring (bicyclic) bond motifs is 13. The highest BCUT2D eigenvalue weighted by molar-refractivity contribution is 6.16. The molecule has 5 nitrogen and oxygen atoms in total. The molecule has 4 aliphatic rings. The van der Waals surface area contributed by atoms with Gasteiger partial charge in [-0.05, 0) is 47.1 Å². The first-order chi connectivity index (χ1) is 18.3. The number of aliphatic imine (C=N–C) groups is 1. The van der Waals surface area contributed by atoms with Gasteiger partial charge in [-0.3, -0.25) is 0 Å². The van der Waals surface area contributed by atoms with E-state index in [9.17, 15) is 5.11 Å². The second-order valence-electron chi connectivity index (χ2n) is 11.8. The van der Waals surface area contributed by atoms with Gasteiger partial charge in [0.25, 0.3) is 6.34 Å². The van der Waals surface area contributed by atoms with E-state index in [0.29, 0.717) is 5.92 Å². The Morgan fingerprint density at radius 1 is 0.974 bits per heavy atom. The van der Waals surface area contributed by atoms with Crippen LogP contribution in [0.4, 0.5) is 0 Å². The Morgan fingerprint density at radius 3 is 2.42 bits per heavy atom. The third kappa shape index (κ3) is 2.21. The van der Waals surface area contributed by atoms with Crippen LogP contribution in [0.1, 0.15) is 61.9 Å². The van der Waals surface area contributed by atoms with Gasteiger partial charge in [0.2, 0.25) is 17.9 Å². The first-order valence-electron chi connectivity index (χ1n) is 13.5. The van der Waals surface area contributed by atoms with Gasteiger partial charge in [-0.25, -0.2) is 4.58 Å². The Hall–Kier alpha value is -3.54. The molecule has 1 fully saturated rings. The third-order valence-corrected chi connectivity index (χ3v) is 10.2. The molecular formula is C33H31N2O3+. The van der Waals surface area contributed by atoms with Gasteiger partial charge >= 0.3 is 0 Å². The summed E-state index contributed by atoms with van der Waals surface area (Å²) >= 11 is 0. The van der Waals surface area contributed by atoms with E-state index < -0.39 is 16.7 Å². The number of nitrogens with zero attached hydrogens (tertiary/aromatic N) is 2. The fourth-order valence-corrected chi connectivity index (χ4v) is 7.93. The van der Waals surface area contributed by atoms with E-state index in [2.05, 4.69) is 99.0 Å². The second-order valence-corrected chi connectivity index (χ2v) is 11.8. The third-order valence-electron chi connectivity index (χ3n) is 10.2. The van der Waals surface area contributed by atoms with Crippen molar-refractivity contribution in [3.8, 4) is 5.75 Å². The van der Waals surface area contributed by atoms with Crippen molar-refractivity contribution in [3.63, 3.8) is 0 Å². The van der Waals surface area contributed by atoms with Gasteiger partial charge in [-0.2, -0.15) is 0 Å². The van der Waals surface area contributed by atoms with Crippen molar-refractivity contribution in [2.24, 2.45) is 4.99 Å². The van der Waals surface area contributed by atoms with Gasteiger partial charge in [-0.15, -0.1) is 0 Å². The number of rotatable bonds is 2. The van der Waals surface area contributed by atoms with Crippen LogP contribution < -0.4 is 4.74 Å². The van der Waals surface area contributed by atoms with Crippen LogP contribution in [-0.4, -0.2) is 46.3 Å². The molecule has 3 aliphatic heterocycles.